The maximum Gasteiger partial charge on any atom is 0.164 e. The summed E-state index contributed by atoms with van der Waals surface area (Å²) in [6.45, 7) is 4.78. The van der Waals surface area contributed by atoms with Crippen LogP contribution in [0.4, 0.5) is 0 Å². The highest BCUT2D eigenvalue weighted by atomic mass is 16.3. The summed E-state index contributed by atoms with van der Waals surface area (Å²) in [5.41, 5.74) is 2.59. The van der Waals surface area contributed by atoms with Crippen molar-refractivity contribution in [3.63, 3.8) is 0 Å². The predicted octanol–water partition coefficient (Wildman–Crippen LogP) is 2.84. The minimum Gasteiger partial charge on any atom is -0.504 e. The molecule has 0 saturated heterocycles. The van der Waals surface area contributed by atoms with Crippen LogP contribution >= 0.6 is 0 Å². The summed E-state index contributed by atoms with van der Waals surface area (Å²) in [7, 11) is 0. The van der Waals surface area contributed by atoms with Crippen LogP contribution in [-0.2, 0) is 13.0 Å². The van der Waals surface area contributed by atoms with E-state index in [1.54, 1.807) is 0 Å². The second kappa shape index (κ2) is 4.39. The van der Waals surface area contributed by atoms with Gasteiger partial charge in [-0.25, -0.2) is 0 Å². The van der Waals surface area contributed by atoms with Crippen molar-refractivity contribution in [3.8, 4) is 17.0 Å². The molecule has 16 heavy (non-hydrogen) atoms. The molecule has 1 N–H and O–H groups in total. The Morgan fingerprint density at radius 1 is 1.19 bits per heavy atom. The lowest BCUT2D eigenvalue weighted by Gasteiger charge is -2.04. The first-order valence-corrected chi connectivity index (χ1v) is 5.62. The van der Waals surface area contributed by atoms with E-state index in [9.17, 15) is 5.11 Å². The highest BCUT2D eigenvalue weighted by Gasteiger charge is 2.16. The topological polar surface area (TPSA) is 38.0 Å². The zero-order valence-corrected chi connectivity index (χ0v) is 9.64. The smallest absolute Gasteiger partial charge is 0.164 e. The average molecular weight is 216 g/mol. The number of hydrogen-bond acceptors (Lipinski definition) is 2. The molecule has 3 heteroatoms. The fourth-order valence-corrected chi connectivity index (χ4v) is 1.85. The number of nitrogens with zero attached hydrogens (tertiary/aromatic N) is 2. The molecule has 0 fully saturated rings. The van der Waals surface area contributed by atoms with Crippen molar-refractivity contribution in [2.24, 2.45) is 0 Å². The van der Waals surface area contributed by atoms with Gasteiger partial charge >= 0.3 is 0 Å². The first-order chi connectivity index (χ1) is 7.77. The molecule has 0 aliphatic rings. The van der Waals surface area contributed by atoms with Gasteiger partial charge in [-0.05, 0) is 13.3 Å². The van der Waals surface area contributed by atoms with E-state index in [0.717, 1.165) is 29.9 Å². The summed E-state index contributed by atoms with van der Waals surface area (Å²) in [5.74, 6) is 0.315. The molecule has 0 unspecified atom stereocenters. The summed E-state index contributed by atoms with van der Waals surface area (Å²) >= 11 is 0. The minimum absolute atomic E-state index is 0.315. The van der Waals surface area contributed by atoms with Gasteiger partial charge in [0.1, 0.15) is 11.4 Å². The molecule has 0 atom stereocenters. The molecule has 2 rings (SSSR count). The van der Waals surface area contributed by atoms with Gasteiger partial charge in [0.2, 0.25) is 0 Å². The van der Waals surface area contributed by atoms with Crippen molar-refractivity contribution in [1.82, 2.24) is 9.78 Å². The molecule has 1 heterocycles. The SMILES string of the molecule is CCc1nn(CC)c(-c2ccccc2)c1O. The molecule has 1 aromatic heterocycles. The molecule has 1 aromatic carbocycles. The Balaban J connectivity index is 2.59. The number of hydrogen-bond donors (Lipinski definition) is 1. The van der Waals surface area contributed by atoms with E-state index in [1.165, 1.54) is 0 Å². The van der Waals surface area contributed by atoms with Gasteiger partial charge in [-0.1, -0.05) is 37.3 Å². The van der Waals surface area contributed by atoms with Gasteiger partial charge in [0.25, 0.3) is 0 Å². The minimum atomic E-state index is 0.315. The van der Waals surface area contributed by atoms with Crippen molar-refractivity contribution in [3.05, 3.63) is 36.0 Å². The molecule has 0 saturated carbocycles. The van der Waals surface area contributed by atoms with Crippen LogP contribution in [0.2, 0.25) is 0 Å². The van der Waals surface area contributed by atoms with Crippen LogP contribution in [-0.4, -0.2) is 14.9 Å². The second-order valence-corrected chi connectivity index (χ2v) is 3.68. The van der Waals surface area contributed by atoms with Crippen LogP contribution in [0.3, 0.4) is 0 Å². The van der Waals surface area contributed by atoms with Crippen LogP contribution in [0.5, 0.6) is 5.75 Å². The van der Waals surface area contributed by atoms with Crippen molar-refractivity contribution in [2.75, 3.05) is 0 Å². The fourth-order valence-electron chi connectivity index (χ4n) is 1.85. The Morgan fingerprint density at radius 3 is 2.44 bits per heavy atom. The molecule has 84 valence electrons. The Labute approximate surface area is 95.3 Å². The molecule has 0 aliphatic heterocycles. The van der Waals surface area contributed by atoms with Crippen molar-refractivity contribution in [1.29, 1.82) is 0 Å². The van der Waals surface area contributed by atoms with Gasteiger partial charge in [0.05, 0.1) is 0 Å². The van der Waals surface area contributed by atoms with Crippen LogP contribution in [0.1, 0.15) is 19.5 Å². The van der Waals surface area contributed by atoms with Crippen molar-refractivity contribution < 1.29 is 5.11 Å². The third-order valence-corrected chi connectivity index (χ3v) is 2.68. The fraction of sp³-hybridized carbons (Fsp3) is 0.308. The van der Waals surface area contributed by atoms with Crippen LogP contribution < -0.4 is 0 Å². The van der Waals surface area contributed by atoms with Gasteiger partial charge in [0.15, 0.2) is 5.75 Å². The number of rotatable bonds is 3. The third-order valence-electron chi connectivity index (χ3n) is 2.68. The second-order valence-electron chi connectivity index (χ2n) is 3.68. The standard InChI is InChI=1S/C13H16N2O/c1-3-11-13(16)12(15(4-2)14-11)10-8-6-5-7-9-10/h5-9,16H,3-4H2,1-2H3. The maximum absolute atomic E-state index is 10.1. The molecule has 0 aliphatic carbocycles. The Hall–Kier alpha value is -1.77. The normalized spacial score (nSPS) is 10.6. The molecular formula is C13H16N2O. The summed E-state index contributed by atoms with van der Waals surface area (Å²) in [6, 6.07) is 9.87. The van der Waals surface area contributed by atoms with E-state index in [-0.39, 0.29) is 0 Å². The summed E-state index contributed by atoms with van der Waals surface area (Å²) in [5, 5.41) is 14.5. The van der Waals surface area contributed by atoms with Crippen LogP contribution in [0.15, 0.2) is 30.3 Å². The Morgan fingerprint density at radius 2 is 1.88 bits per heavy atom. The number of aromatic nitrogens is 2. The van der Waals surface area contributed by atoms with Crippen molar-refractivity contribution in [2.45, 2.75) is 26.8 Å². The van der Waals surface area contributed by atoms with Crippen LogP contribution in [0, 0.1) is 0 Å². The number of aryl methyl sites for hydroxylation is 2. The lowest BCUT2D eigenvalue weighted by atomic mass is 10.1. The van der Waals surface area contributed by atoms with E-state index in [2.05, 4.69) is 5.10 Å². The Bertz CT molecular complexity index is 474. The zero-order valence-electron chi connectivity index (χ0n) is 9.64. The predicted molar refractivity (Wildman–Crippen MR) is 64.4 cm³/mol. The first-order valence-electron chi connectivity index (χ1n) is 5.62. The third kappa shape index (κ3) is 1.69. The van der Waals surface area contributed by atoms with E-state index in [1.807, 2.05) is 48.9 Å². The summed E-state index contributed by atoms with van der Waals surface area (Å²) in [6.07, 6.45) is 0.749. The molecular weight excluding hydrogens is 200 g/mol. The molecule has 2 aromatic rings. The molecule has 0 spiro atoms. The monoisotopic (exact) mass is 216 g/mol. The first kappa shape index (κ1) is 10.7. The van der Waals surface area contributed by atoms with Crippen molar-refractivity contribution >= 4 is 0 Å². The number of aromatic hydroxyl groups is 1. The van der Waals surface area contributed by atoms with Gasteiger partial charge in [0, 0.05) is 12.1 Å². The van der Waals surface area contributed by atoms with E-state index < -0.39 is 0 Å². The number of benzene rings is 1. The molecule has 0 bridgehead atoms. The summed E-state index contributed by atoms with van der Waals surface area (Å²) < 4.78 is 1.85. The van der Waals surface area contributed by atoms with Gasteiger partial charge in [-0.15, -0.1) is 0 Å². The molecule has 0 amide bonds. The van der Waals surface area contributed by atoms with E-state index in [4.69, 9.17) is 0 Å². The zero-order chi connectivity index (χ0) is 11.5. The van der Waals surface area contributed by atoms with Gasteiger partial charge < -0.3 is 5.11 Å². The maximum atomic E-state index is 10.1. The van der Waals surface area contributed by atoms with Crippen LogP contribution in [0.25, 0.3) is 11.3 Å². The highest BCUT2D eigenvalue weighted by molar-refractivity contribution is 5.67. The quantitative estimate of drug-likeness (QED) is 0.856. The average Bonchev–Trinajstić information content (AvgIpc) is 2.66. The highest BCUT2D eigenvalue weighted by Crippen LogP contribution is 2.32. The molecule has 0 radical (unpaired) electrons. The lowest BCUT2D eigenvalue weighted by Crippen LogP contribution is -1.99. The summed E-state index contributed by atoms with van der Waals surface area (Å²) in [4.78, 5) is 0. The largest absolute Gasteiger partial charge is 0.504 e. The molecule has 3 nitrogen and oxygen atoms in total. The lowest BCUT2D eigenvalue weighted by molar-refractivity contribution is 0.470. The Kier molecular flexibility index (Phi) is 2.95. The van der Waals surface area contributed by atoms with Gasteiger partial charge in [-0.2, -0.15) is 5.10 Å². The van der Waals surface area contributed by atoms with E-state index >= 15 is 0 Å². The van der Waals surface area contributed by atoms with Gasteiger partial charge in [-0.3, -0.25) is 4.68 Å². The van der Waals surface area contributed by atoms with E-state index in [0.29, 0.717) is 5.75 Å².